The van der Waals surface area contributed by atoms with E-state index in [1.54, 1.807) is 0 Å². The van der Waals surface area contributed by atoms with Crippen molar-refractivity contribution in [3.05, 3.63) is 30.1 Å². The summed E-state index contributed by atoms with van der Waals surface area (Å²) in [7, 11) is 0. The lowest BCUT2D eigenvalue weighted by Crippen LogP contribution is -2.51. The van der Waals surface area contributed by atoms with Crippen LogP contribution in [0.4, 0.5) is 10.1 Å². The molecule has 0 spiro atoms. The first-order chi connectivity index (χ1) is 11.7. The molecule has 2 fully saturated rings. The van der Waals surface area contributed by atoms with Crippen molar-refractivity contribution in [3.8, 4) is 0 Å². The minimum atomic E-state index is -0.192. The fraction of sp³-hybridized carbons (Fsp3) is 0.611. The van der Waals surface area contributed by atoms with Crippen LogP contribution in [0.15, 0.2) is 29.3 Å². The molecule has 2 aliphatic rings. The molecule has 0 amide bonds. The molecule has 132 valence electrons. The number of likely N-dealkylation sites (tertiary alicyclic amines) is 1. The van der Waals surface area contributed by atoms with E-state index in [1.165, 1.54) is 25.1 Å². The molecule has 6 heteroatoms. The lowest BCUT2D eigenvalue weighted by Gasteiger charge is -2.36. The van der Waals surface area contributed by atoms with Gasteiger partial charge in [0.05, 0.1) is 0 Å². The summed E-state index contributed by atoms with van der Waals surface area (Å²) in [6, 6.07) is 6.70. The molecule has 1 atom stereocenters. The van der Waals surface area contributed by atoms with Gasteiger partial charge in [-0.15, -0.1) is 0 Å². The predicted molar refractivity (Wildman–Crippen MR) is 96.9 cm³/mol. The second-order valence-corrected chi connectivity index (χ2v) is 6.70. The summed E-state index contributed by atoms with van der Waals surface area (Å²) in [6.45, 7) is 9.99. The van der Waals surface area contributed by atoms with E-state index >= 15 is 0 Å². The van der Waals surface area contributed by atoms with E-state index in [4.69, 9.17) is 5.73 Å². The lowest BCUT2D eigenvalue weighted by atomic mass is 10.1. The Balaban J connectivity index is 1.47. The number of nitrogens with two attached hydrogens (primary N) is 1. The quantitative estimate of drug-likeness (QED) is 0.672. The van der Waals surface area contributed by atoms with Gasteiger partial charge in [0.15, 0.2) is 5.96 Å². The molecule has 1 aromatic carbocycles. The van der Waals surface area contributed by atoms with Crippen LogP contribution in [0.3, 0.4) is 0 Å². The maximum atomic E-state index is 13.0. The van der Waals surface area contributed by atoms with Crippen molar-refractivity contribution in [3.63, 3.8) is 0 Å². The van der Waals surface area contributed by atoms with Crippen molar-refractivity contribution in [2.45, 2.75) is 13.3 Å². The zero-order valence-electron chi connectivity index (χ0n) is 14.5. The van der Waals surface area contributed by atoms with Crippen LogP contribution in [-0.2, 0) is 0 Å². The van der Waals surface area contributed by atoms with Crippen LogP contribution in [0.5, 0.6) is 0 Å². The van der Waals surface area contributed by atoms with Crippen LogP contribution in [-0.4, -0.2) is 68.1 Å². The molecular weight excluding hydrogens is 305 g/mol. The average molecular weight is 333 g/mol. The number of anilines is 1. The van der Waals surface area contributed by atoms with Crippen molar-refractivity contribution in [1.29, 1.82) is 0 Å². The van der Waals surface area contributed by atoms with Gasteiger partial charge in [0.2, 0.25) is 0 Å². The highest BCUT2D eigenvalue weighted by Crippen LogP contribution is 2.18. The molecule has 2 aliphatic heterocycles. The number of aliphatic imine (C=N–C) groups is 1. The molecule has 5 nitrogen and oxygen atoms in total. The van der Waals surface area contributed by atoms with Gasteiger partial charge in [-0.25, -0.2) is 4.39 Å². The summed E-state index contributed by atoms with van der Waals surface area (Å²) in [4.78, 5) is 11.5. The largest absolute Gasteiger partial charge is 0.370 e. The molecular formula is C18H28FN5. The summed E-state index contributed by atoms with van der Waals surface area (Å²) in [5.41, 5.74) is 7.26. The Morgan fingerprint density at radius 1 is 1.17 bits per heavy atom. The van der Waals surface area contributed by atoms with Crippen LogP contribution in [0.25, 0.3) is 0 Å². The van der Waals surface area contributed by atoms with Crippen molar-refractivity contribution in [2.75, 3.05) is 57.3 Å². The number of rotatable bonds is 4. The summed E-state index contributed by atoms with van der Waals surface area (Å²) in [5, 5.41) is 0. The van der Waals surface area contributed by atoms with E-state index < -0.39 is 0 Å². The fourth-order valence-corrected chi connectivity index (χ4v) is 3.52. The Morgan fingerprint density at radius 2 is 1.88 bits per heavy atom. The minimum absolute atomic E-state index is 0.192. The third kappa shape index (κ3) is 4.17. The fourth-order valence-electron chi connectivity index (χ4n) is 3.52. The minimum Gasteiger partial charge on any atom is -0.370 e. The van der Waals surface area contributed by atoms with Gasteiger partial charge >= 0.3 is 0 Å². The molecule has 0 saturated carbocycles. The SMILES string of the molecule is CCN1CCC(CN=C(N)N2CCN(c3ccc(F)cc3)CC2)C1. The molecule has 0 radical (unpaired) electrons. The number of nitrogens with zero attached hydrogens (tertiary/aromatic N) is 4. The van der Waals surface area contributed by atoms with Gasteiger partial charge in [-0.2, -0.15) is 0 Å². The molecule has 0 bridgehead atoms. The topological polar surface area (TPSA) is 48.1 Å². The molecule has 1 aromatic rings. The highest BCUT2D eigenvalue weighted by molar-refractivity contribution is 5.78. The number of hydrogen-bond donors (Lipinski definition) is 1. The van der Waals surface area contributed by atoms with Gasteiger partial charge in [-0.05, 0) is 49.7 Å². The Labute approximate surface area is 143 Å². The van der Waals surface area contributed by atoms with Crippen LogP contribution in [0.1, 0.15) is 13.3 Å². The average Bonchev–Trinajstić information content (AvgIpc) is 3.09. The highest BCUT2D eigenvalue weighted by Gasteiger charge is 2.22. The Morgan fingerprint density at radius 3 is 2.50 bits per heavy atom. The van der Waals surface area contributed by atoms with Crippen molar-refractivity contribution < 1.29 is 4.39 Å². The molecule has 1 unspecified atom stereocenters. The number of piperazine rings is 1. The first kappa shape index (κ1) is 17.0. The van der Waals surface area contributed by atoms with Gasteiger partial charge in [-0.3, -0.25) is 4.99 Å². The molecule has 2 heterocycles. The van der Waals surface area contributed by atoms with E-state index in [-0.39, 0.29) is 5.82 Å². The Hall–Kier alpha value is -1.82. The summed E-state index contributed by atoms with van der Waals surface area (Å²) < 4.78 is 13.0. The van der Waals surface area contributed by atoms with Gasteiger partial charge in [0.1, 0.15) is 5.82 Å². The van der Waals surface area contributed by atoms with Gasteiger partial charge in [0, 0.05) is 45.0 Å². The smallest absolute Gasteiger partial charge is 0.191 e. The van der Waals surface area contributed by atoms with E-state index in [1.807, 2.05) is 12.1 Å². The van der Waals surface area contributed by atoms with Gasteiger partial charge in [-0.1, -0.05) is 6.92 Å². The summed E-state index contributed by atoms with van der Waals surface area (Å²) in [6.07, 6.45) is 1.23. The maximum absolute atomic E-state index is 13.0. The number of hydrogen-bond acceptors (Lipinski definition) is 3. The predicted octanol–water partition coefficient (Wildman–Crippen LogP) is 1.60. The second kappa shape index (κ2) is 7.83. The first-order valence-corrected chi connectivity index (χ1v) is 8.93. The zero-order chi connectivity index (χ0) is 16.9. The maximum Gasteiger partial charge on any atom is 0.191 e. The molecule has 2 saturated heterocycles. The molecule has 24 heavy (non-hydrogen) atoms. The van der Waals surface area contributed by atoms with Crippen molar-refractivity contribution in [1.82, 2.24) is 9.80 Å². The summed E-state index contributed by atoms with van der Waals surface area (Å²) >= 11 is 0. The third-order valence-electron chi connectivity index (χ3n) is 5.12. The van der Waals surface area contributed by atoms with Crippen LogP contribution in [0.2, 0.25) is 0 Å². The molecule has 0 aliphatic carbocycles. The molecule has 2 N–H and O–H groups in total. The van der Waals surface area contributed by atoms with Crippen LogP contribution in [0, 0.1) is 11.7 Å². The van der Waals surface area contributed by atoms with Crippen molar-refractivity contribution in [2.24, 2.45) is 16.6 Å². The van der Waals surface area contributed by atoms with Crippen LogP contribution >= 0.6 is 0 Å². The third-order valence-corrected chi connectivity index (χ3v) is 5.12. The lowest BCUT2D eigenvalue weighted by molar-refractivity contribution is 0.342. The van der Waals surface area contributed by atoms with E-state index in [9.17, 15) is 4.39 Å². The molecule has 3 rings (SSSR count). The van der Waals surface area contributed by atoms with E-state index in [0.717, 1.165) is 51.5 Å². The second-order valence-electron chi connectivity index (χ2n) is 6.70. The monoisotopic (exact) mass is 333 g/mol. The highest BCUT2D eigenvalue weighted by atomic mass is 19.1. The van der Waals surface area contributed by atoms with E-state index in [0.29, 0.717) is 11.9 Å². The summed E-state index contributed by atoms with van der Waals surface area (Å²) in [5.74, 6) is 1.12. The van der Waals surface area contributed by atoms with Gasteiger partial charge < -0.3 is 20.4 Å². The Bertz CT molecular complexity index is 551. The molecule has 0 aromatic heterocycles. The first-order valence-electron chi connectivity index (χ1n) is 8.93. The number of guanidine groups is 1. The zero-order valence-corrected chi connectivity index (χ0v) is 14.5. The van der Waals surface area contributed by atoms with Crippen molar-refractivity contribution >= 4 is 11.6 Å². The number of halogens is 1. The normalized spacial score (nSPS) is 23.1. The van der Waals surface area contributed by atoms with Gasteiger partial charge in [0.25, 0.3) is 0 Å². The number of benzene rings is 1. The Kier molecular flexibility index (Phi) is 5.56. The van der Waals surface area contributed by atoms with E-state index in [2.05, 4.69) is 26.6 Å². The standard InChI is InChI=1S/C18H28FN5/c1-2-22-8-7-15(14-22)13-21-18(20)24-11-9-23(10-12-24)17-5-3-16(19)4-6-17/h3-6,15H,2,7-14H2,1H3,(H2,20,21). The van der Waals surface area contributed by atoms with Crippen LogP contribution < -0.4 is 10.6 Å².